The quantitative estimate of drug-likeness (QED) is 0.352. The van der Waals surface area contributed by atoms with Crippen LogP contribution < -0.4 is 14.2 Å². The van der Waals surface area contributed by atoms with Crippen molar-refractivity contribution in [3.05, 3.63) is 63.9 Å². The molecule has 9 heteroatoms. The summed E-state index contributed by atoms with van der Waals surface area (Å²) in [7, 11) is 0. The SMILES string of the molecule is CCOC(=O)c1cc2cc3c(cc2nc1COc1c(Cl)cc(Cl)c2cccnc12)OCO3. The highest BCUT2D eigenvalue weighted by Gasteiger charge is 2.21. The van der Waals surface area contributed by atoms with Gasteiger partial charge in [0.25, 0.3) is 0 Å². The van der Waals surface area contributed by atoms with Crippen LogP contribution in [0.3, 0.4) is 0 Å². The van der Waals surface area contributed by atoms with E-state index in [0.29, 0.717) is 55.0 Å². The Morgan fingerprint density at radius 3 is 2.75 bits per heavy atom. The zero-order valence-corrected chi connectivity index (χ0v) is 18.4. The highest BCUT2D eigenvalue weighted by Crippen LogP contribution is 2.38. The average molecular weight is 471 g/mol. The number of esters is 1. The Balaban J connectivity index is 1.57. The highest BCUT2D eigenvalue weighted by molar-refractivity contribution is 6.39. The summed E-state index contributed by atoms with van der Waals surface area (Å²) in [6, 6.07) is 10.5. The number of pyridine rings is 2. The van der Waals surface area contributed by atoms with E-state index < -0.39 is 5.97 Å². The lowest BCUT2D eigenvalue weighted by atomic mass is 10.1. The Kier molecular flexibility index (Phi) is 5.36. The fourth-order valence-corrected chi connectivity index (χ4v) is 4.09. The topological polar surface area (TPSA) is 79.8 Å². The molecule has 0 amide bonds. The van der Waals surface area contributed by atoms with Crippen molar-refractivity contribution < 1.29 is 23.7 Å². The molecule has 0 unspecified atom stereocenters. The number of aromatic nitrogens is 2. The van der Waals surface area contributed by atoms with Gasteiger partial charge in [0, 0.05) is 23.0 Å². The Morgan fingerprint density at radius 1 is 1.12 bits per heavy atom. The van der Waals surface area contributed by atoms with Crippen LogP contribution in [0.4, 0.5) is 0 Å². The molecule has 7 nitrogen and oxygen atoms in total. The number of rotatable bonds is 5. The minimum Gasteiger partial charge on any atom is -0.483 e. The summed E-state index contributed by atoms with van der Waals surface area (Å²) in [5.41, 5.74) is 1.84. The Hall–Kier alpha value is -3.29. The second kappa shape index (κ2) is 8.33. The smallest absolute Gasteiger partial charge is 0.340 e. The molecule has 0 spiro atoms. The molecule has 1 aliphatic rings. The molecule has 0 radical (unpaired) electrons. The van der Waals surface area contributed by atoms with Crippen molar-refractivity contribution in [2.24, 2.45) is 0 Å². The average Bonchev–Trinajstić information content (AvgIpc) is 3.24. The van der Waals surface area contributed by atoms with Crippen molar-refractivity contribution >= 4 is 51.0 Å². The fourth-order valence-electron chi connectivity index (χ4n) is 3.52. The first-order chi connectivity index (χ1) is 15.5. The van der Waals surface area contributed by atoms with Gasteiger partial charge in [0.2, 0.25) is 6.79 Å². The second-order valence-electron chi connectivity index (χ2n) is 6.96. The van der Waals surface area contributed by atoms with E-state index in [4.69, 9.17) is 42.1 Å². The van der Waals surface area contributed by atoms with Crippen LogP contribution >= 0.6 is 23.2 Å². The molecule has 2 aromatic heterocycles. The molecular formula is C23H16Cl2N2O5. The van der Waals surface area contributed by atoms with Gasteiger partial charge >= 0.3 is 5.97 Å². The van der Waals surface area contributed by atoms with Crippen molar-refractivity contribution in [3.63, 3.8) is 0 Å². The lowest BCUT2D eigenvalue weighted by Gasteiger charge is -2.14. The lowest BCUT2D eigenvalue weighted by molar-refractivity contribution is 0.0523. The van der Waals surface area contributed by atoms with Crippen LogP contribution in [0.15, 0.2) is 42.6 Å². The summed E-state index contributed by atoms with van der Waals surface area (Å²) in [4.78, 5) is 21.7. The first kappa shape index (κ1) is 20.6. The van der Waals surface area contributed by atoms with E-state index in [2.05, 4.69) is 9.97 Å². The van der Waals surface area contributed by atoms with Gasteiger partial charge < -0.3 is 18.9 Å². The van der Waals surface area contributed by atoms with Crippen molar-refractivity contribution in [2.75, 3.05) is 13.4 Å². The van der Waals surface area contributed by atoms with E-state index in [1.165, 1.54) is 0 Å². The van der Waals surface area contributed by atoms with E-state index in [0.717, 1.165) is 5.39 Å². The van der Waals surface area contributed by atoms with E-state index in [-0.39, 0.29) is 20.0 Å². The summed E-state index contributed by atoms with van der Waals surface area (Å²) in [6.07, 6.45) is 1.63. The van der Waals surface area contributed by atoms with E-state index in [9.17, 15) is 4.79 Å². The molecule has 0 bridgehead atoms. The van der Waals surface area contributed by atoms with Gasteiger partial charge in [0.05, 0.1) is 33.4 Å². The fraction of sp³-hybridized carbons (Fsp3) is 0.174. The molecule has 0 N–H and O–H groups in total. The van der Waals surface area contributed by atoms with Gasteiger partial charge in [-0.1, -0.05) is 23.2 Å². The van der Waals surface area contributed by atoms with Crippen molar-refractivity contribution in [2.45, 2.75) is 13.5 Å². The zero-order valence-electron chi connectivity index (χ0n) is 16.9. The molecule has 32 heavy (non-hydrogen) atoms. The standard InChI is InChI=1S/C23H16Cl2N2O5/c1-2-29-23(28)14-6-12-7-19-20(32-11-31-19)9-17(12)27-18(14)10-30-22-16(25)8-15(24)13-4-3-5-26-21(13)22/h3-9H,2,10-11H2,1H3. The third-order valence-electron chi connectivity index (χ3n) is 4.99. The number of carbonyl (C=O) groups is 1. The molecule has 0 saturated carbocycles. The minimum absolute atomic E-state index is 0.0362. The van der Waals surface area contributed by atoms with E-state index in [1.807, 2.05) is 6.07 Å². The Bertz CT molecular complexity index is 1380. The predicted molar refractivity (Wildman–Crippen MR) is 120 cm³/mol. The maximum atomic E-state index is 12.6. The molecule has 0 atom stereocenters. The summed E-state index contributed by atoms with van der Waals surface area (Å²) in [5.74, 6) is 1.05. The molecule has 4 aromatic rings. The van der Waals surface area contributed by atoms with Crippen molar-refractivity contribution in [3.8, 4) is 17.2 Å². The molecule has 0 saturated heterocycles. The van der Waals surface area contributed by atoms with E-state index in [1.54, 1.807) is 43.5 Å². The number of carbonyl (C=O) groups excluding carboxylic acids is 1. The molecule has 3 heterocycles. The van der Waals surface area contributed by atoms with Crippen molar-refractivity contribution in [1.82, 2.24) is 9.97 Å². The van der Waals surface area contributed by atoms with Crippen LogP contribution in [0, 0.1) is 0 Å². The summed E-state index contributed by atoms with van der Waals surface area (Å²) in [5, 5.41) is 2.21. The van der Waals surface area contributed by atoms with Crippen LogP contribution in [-0.4, -0.2) is 29.3 Å². The normalized spacial score (nSPS) is 12.3. The number of benzene rings is 2. The largest absolute Gasteiger partial charge is 0.483 e. The monoisotopic (exact) mass is 470 g/mol. The van der Waals surface area contributed by atoms with Crippen LogP contribution in [0.25, 0.3) is 21.8 Å². The third kappa shape index (κ3) is 3.63. The highest BCUT2D eigenvalue weighted by atomic mass is 35.5. The first-order valence-corrected chi connectivity index (χ1v) is 10.6. The molecule has 162 valence electrons. The maximum absolute atomic E-state index is 12.6. The summed E-state index contributed by atoms with van der Waals surface area (Å²) >= 11 is 12.7. The number of hydrogen-bond donors (Lipinski definition) is 0. The molecule has 0 aliphatic carbocycles. The van der Waals surface area contributed by atoms with Crippen LogP contribution in [0.1, 0.15) is 23.0 Å². The molecule has 2 aromatic carbocycles. The van der Waals surface area contributed by atoms with Crippen LogP contribution in [-0.2, 0) is 11.3 Å². The van der Waals surface area contributed by atoms with Crippen LogP contribution in [0.5, 0.6) is 17.2 Å². The first-order valence-electron chi connectivity index (χ1n) is 9.81. The number of nitrogens with zero attached hydrogens (tertiary/aromatic N) is 2. The Labute approximate surface area is 192 Å². The number of hydrogen-bond acceptors (Lipinski definition) is 7. The van der Waals surface area contributed by atoms with Gasteiger partial charge in [-0.25, -0.2) is 9.78 Å². The Morgan fingerprint density at radius 2 is 1.94 bits per heavy atom. The number of fused-ring (bicyclic) bond motifs is 3. The van der Waals surface area contributed by atoms with Gasteiger partial charge in [0.1, 0.15) is 12.1 Å². The maximum Gasteiger partial charge on any atom is 0.340 e. The van der Waals surface area contributed by atoms with Gasteiger partial charge in [-0.05, 0) is 37.3 Å². The lowest BCUT2D eigenvalue weighted by Crippen LogP contribution is -2.12. The van der Waals surface area contributed by atoms with Gasteiger partial charge in [0.15, 0.2) is 17.2 Å². The number of halogens is 2. The van der Waals surface area contributed by atoms with E-state index >= 15 is 0 Å². The molecule has 1 aliphatic heterocycles. The van der Waals surface area contributed by atoms with Crippen LogP contribution in [0.2, 0.25) is 10.0 Å². The minimum atomic E-state index is -0.497. The summed E-state index contributed by atoms with van der Waals surface area (Å²) in [6.45, 7) is 2.08. The molecule has 0 fully saturated rings. The van der Waals surface area contributed by atoms with Gasteiger partial charge in [-0.2, -0.15) is 0 Å². The van der Waals surface area contributed by atoms with Crippen molar-refractivity contribution in [1.29, 1.82) is 0 Å². The predicted octanol–water partition coefficient (Wildman–Crippen LogP) is 5.57. The summed E-state index contributed by atoms with van der Waals surface area (Å²) < 4.78 is 22.1. The number of ether oxygens (including phenoxy) is 4. The molecular weight excluding hydrogens is 455 g/mol. The third-order valence-corrected chi connectivity index (χ3v) is 5.58. The molecule has 5 rings (SSSR count). The zero-order chi connectivity index (χ0) is 22.2. The van der Waals surface area contributed by atoms with Gasteiger partial charge in [-0.3, -0.25) is 4.98 Å². The van der Waals surface area contributed by atoms with Gasteiger partial charge in [-0.15, -0.1) is 0 Å². The second-order valence-corrected chi connectivity index (χ2v) is 7.77.